The van der Waals surface area contributed by atoms with Crippen LogP contribution in [0, 0.1) is 0 Å². The molecule has 7 rings (SSSR count). The maximum atomic E-state index is 6.25. The summed E-state index contributed by atoms with van der Waals surface area (Å²) in [7, 11) is 0. The highest BCUT2D eigenvalue weighted by molar-refractivity contribution is 7.13. The summed E-state index contributed by atoms with van der Waals surface area (Å²) in [5.41, 5.74) is 6.49. The van der Waals surface area contributed by atoms with E-state index < -0.39 is 0 Å². The molecule has 0 saturated heterocycles. The lowest BCUT2D eigenvalue weighted by atomic mass is 9.98. The number of aromatic nitrogens is 6. The topological polar surface area (TPSA) is 92.4 Å². The van der Waals surface area contributed by atoms with Crippen molar-refractivity contribution < 1.29 is 4.74 Å². The van der Waals surface area contributed by atoms with Crippen LogP contribution in [0.4, 0.5) is 0 Å². The number of fused-ring (bicyclic) bond motifs is 2. The van der Waals surface area contributed by atoms with Crippen molar-refractivity contribution in [3.63, 3.8) is 0 Å². The molecule has 0 aromatic carbocycles. The summed E-state index contributed by atoms with van der Waals surface area (Å²) in [6.45, 7) is 0. The number of rotatable bonds is 5. The second-order valence-corrected chi connectivity index (χ2v) is 10.2. The number of aromatic amines is 2. The number of hydrogen-bond donors (Lipinski definition) is 2. The third-order valence-corrected chi connectivity index (χ3v) is 7.76. The number of nitrogens with zero attached hydrogens (tertiary/aromatic N) is 4. The van der Waals surface area contributed by atoms with Crippen molar-refractivity contribution in [2.24, 2.45) is 0 Å². The summed E-state index contributed by atoms with van der Waals surface area (Å²) in [5, 5.41) is 11.7. The van der Waals surface area contributed by atoms with Crippen molar-refractivity contribution in [3.05, 3.63) is 66.6 Å². The Morgan fingerprint density at radius 3 is 2.72 bits per heavy atom. The van der Waals surface area contributed by atoms with Crippen molar-refractivity contribution in [1.82, 2.24) is 30.1 Å². The Morgan fingerprint density at radius 1 is 0.917 bits per heavy atom. The first-order chi connectivity index (χ1) is 17.8. The fraction of sp³-hybridized carbons (Fsp3) is 0.214. The molecule has 0 radical (unpaired) electrons. The van der Waals surface area contributed by atoms with Crippen LogP contribution in [-0.2, 0) is 0 Å². The van der Waals surface area contributed by atoms with E-state index in [1.807, 2.05) is 30.7 Å². The normalized spacial score (nSPS) is 14.6. The smallest absolute Gasteiger partial charge is 0.181 e. The van der Waals surface area contributed by atoms with E-state index in [9.17, 15) is 0 Å². The van der Waals surface area contributed by atoms with Crippen LogP contribution < -0.4 is 4.74 Å². The summed E-state index contributed by atoms with van der Waals surface area (Å²) < 4.78 is 6.25. The summed E-state index contributed by atoms with van der Waals surface area (Å²) in [6, 6.07) is 12.5. The molecule has 1 fully saturated rings. The molecule has 6 heterocycles. The predicted octanol–water partition coefficient (Wildman–Crippen LogP) is 7.00. The zero-order valence-electron chi connectivity index (χ0n) is 19.6. The van der Waals surface area contributed by atoms with Crippen LogP contribution in [0.2, 0.25) is 0 Å². The van der Waals surface area contributed by atoms with Crippen molar-refractivity contribution >= 4 is 33.3 Å². The van der Waals surface area contributed by atoms with Crippen LogP contribution in [0.5, 0.6) is 5.75 Å². The molecule has 0 aliphatic heterocycles. The highest BCUT2D eigenvalue weighted by atomic mass is 32.1. The molecule has 0 bridgehead atoms. The Bertz CT molecular complexity index is 1660. The molecule has 0 atom stereocenters. The second-order valence-electron chi connectivity index (χ2n) is 9.26. The number of nitrogens with one attached hydrogen (secondary N) is 2. The van der Waals surface area contributed by atoms with Gasteiger partial charge in [0.25, 0.3) is 0 Å². The molecule has 1 saturated carbocycles. The number of hydrogen-bond acceptors (Lipinski definition) is 6. The Hall–Kier alpha value is -4.04. The maximum Gasteiger partial charge on any atom is 0.181 e. The number of pyridine rings is 3. The molecule has 1 aliphatic carbocycles. The highest BCUT2D eigenvalue weighted by Crippen LogP contribution is 2.35. The van der Waals surface area contributed by atoms with E-state index >= 15 is 0 Å². The van der Waals surface area contributed by atoms with Gasteiger partial charge in [-0.2, -0.15) is 5.10 Å². The van der Waals surface area contributed by atoms with E-state index in [1.165, 1.54) is 19.3 Å². The first-order valence-electron chi connectivity index (χ1n) is 12.3. The van der Waals surface area contributed by atoms with Gasteiger partial charge in [-0.25, -0.2) is 4.98 Å². The third-order valence-electron chi connectivity index (χ3n) is 6.88. The van der Waals surface area contributed by atoms with Gasteiger partial charge in [0, 0.05) is 46.0 Å². The van der Waals surface area contributed by atoms with Crippen LogP contribution in [0.25, 0.3) is 55.0 Å². The lowest BCUT2D eigenvalue weighted by molar-refractivity contribution is 0.154. The van der Waals surface area contributed by atoms with Crippen molar-refractivity contribution in [1.29, 1.82) is 0 Å². The first-order valence-corrected chi connectivity index (χ1v) is 13.2. The van der Waals surface area contributed by atoms with Gasteiger partial charge in [0.1, 0.15) is 5.75 Å². The minimum absolute atomic E-state index is 0.285. The molecule has 0 spiro atoms. The van der Waals surface area contributed by atoms with Crippen molar-refractivity contribution in [2.45, 2.75) is 38.2 Å². The summed E-state index contributed by atoms with van der Waals surface area (Å²) in [4.78, 5) is 18.4. The van der Waals surface area contributed by atoms with E-state index in [0.29, 0.717) is 5.65 Å². The quantitative estimate of drug-likeness (QED) is 0.270. The zero-order chi connectivity index (χ0) is 23.9. The largest absolute Gasteiger partial charge is 0.489 e. The predicted molar refractivity (Wildman–Crippen MR) is 143 cm³/mol. The first kappa shape index (κ1) is 21.3. The van der Waals surface area contributed by atoms with Crippen LogP contribution in [-0.4, -0.2) is 36.2 Å². The van der Waals surface area contributed by atoms with E-state index in [4.69, 9.17) is 4.74 Å². The maximum absolute atomic E-state index is 6.25. The van der Waals surface area contributed by atoms with Crippen molar-refractivity contribution in [3.8, 4) is 38.8 Å². The van der Waals surface area contributed by atoms with Crippen LogP contribution in [0.15, 0.2) is 66.6 Å². The Balaban J connectivity index is 1.26. The lowest BCUT2D eigenvalue weighted by Gasteiger charge is -2.23. The molecule has 6 aromatic heterocycles. The van der Waals surface area contributed by atoms with E-state index in [2.05, 4.69) is 59.8 Å². The average molecular weight is 493 g/mol. The Labute approximate surface area is 211 Å². The monoisotopic (exact) mass is 492 g/mol. The third kappa shape index (κ3) is 3.83. The van der Waals surface area contributed by atoms with Gasteiger partial charge >= 0.3 is 0 Å². The van der Waals surface area contributed by atoms with E-state index in [-0.39, 0.29) is 6.10 Å². The van der Waals surface area contributed by atoms with Gasteiger partial charge in [0.15, 0.2) is 5.65 Å². The molecule has 2 N–H and O–H groups in total. The van der Waals surface area contributed by atoms with Gasteiger partial charge < -0.3 is 9.72 Å². The molecule has 178 valence electrons. The van der Waals surface area contributed by atoms with Crippen LogP contribution in [0.1, 0.15) is 32.1 Å². The fourth-order valence-corrected chi connectivity index (χ4v) is 5.81. The van der Waals surface area contributed by atoms with Gasteiger partial charge in [-0.15, -0.1) is 11.3 Å². The second kappa shape index (κ2) is 8.87. The molecule has 8 heteroatoms. The summed E-state index contributed by atoms with van der Waals surface area (Å²) in [6.07, 6.45) is 13.6. The lowest BCUT2D eigenvalue weighted by Crippen LogP contribution is -2.19. The Kier molecular flexibility index (Phi) is 5.24. The molecule has 1 aliphatic rings. The van der Waals surface area contributed by atoms with Crippen LogP contribution in [0.3, 0.4) is 0 Å². The SMILES string of the molecule is c1csc(-c2nccc3[nH]c(-c4[nH]nc5ncc(-c6cncc(OC7CCCCC7)c6)cc45)cc23)c1. The van der Waals surface area contributed by atoms with Gasteiger partial charge in [-0.1, -0.05) is 12.5 Å². The van der Waals surface area contributed by atoms with E-state index in [1.54, 1.807) is 17.5 Å². The molecule has 36 heavy (non-hydrogen) atoms. The molecule has 0 amide bonds. The minimum atomic E-state index is 0.285. The van der Waals surface area contributed by atoms with Crippen LogP contribution >= 0.6 is 11.3 Å². The molecule has 7 nitrogen and oxygen atoms in total. The summed E-state index contributed by atoms with van der Waals surface area (Å²) >= 11 is 1.69. The van der Waals surface area contributed by atoms with Gasteiger partial charge in [-0.3, -0.25) is 15.1 Å². The highest BCUT2D eigenvalue weighted by Gasteiger charge is 2.17. The molecular weight excluding hydrogens is 468 g/mol. The standard InChI is InChI=1S/C28H24N6OS/c1-2-5-19(6-3-1)35-20-11-17(14-29-16-20)18-12-22-26(33-34-28(22)31-15-18)24-13-21-23(32-24)8-9-30-27(21)25-7-4-10-36-25/h4,7-16,19,32H,1-3,5-6H2,(H,31,33,34). The zero-order valence-corrected chi connectivity index (χ0v) is 20.4. The van der Waals surface area contributed by atoms with Gasteiger partial charge in [0.05, 0.1) is 34.3 Å². The minimum Gasteiger partial charge on any atom is -0.489 e. The van der Waals surface area contributed by atoms with E-state index in [0.717, 1.165) is 68.0 Å². The fourth-order valence-electron chi connectivity index (χ4n) is 5.08. The molecular formula is C28H24N6OS. The summed E-state index contributed by atoms with van der Waals surface area (Å²) in [5.74, 6) is 0.816. The molecule has 0 unspecified atom stereocenters. The average Bonchev–Trinajstić information content (AvgIpc) is 3.68. The Morgan fingerprint density at radius 2 is 1.83 bits per heavy atom. The van der Waals surface area contributed by atoms with Crippen molar-refractivity contribution in [2.75, 3.05) is 0 Å². The van der Waals surface area contributed by atoms with Gasteiger partial charge in [-0.05, 0) is 61.4 Å². The number of H-pyrrole nitrogens is 2. The molecule has 6 aromatic rings. The number of ether oxygens (including phenoxy) is 1. The number of thiophene rings is 1. The van der Waals surface area contributed by atoms with Gasteiger partial charge in [0.2, 0.25) is 0 Å².